The van der Waals surface area contributed by atoms with Crippen LogP contribution in [0, 0.1) is 6.92 Å². The number of aryl methyl sites for hydroxylation is 1. The number of nitrogens with one attached hydrogen (secondary N) is 2. The molecule has 0 spiro atoms. The van der Waals surface area contributed by atoms with Gasteiger partial charge in [-0.15, -0.1) is 0 Å². The fourth-order valence-corrected chi connectivity index (χ4v) is 3.06. The Bertz CT molecular complexity index is 820. The van der Waals surface area contributed by atoms with E-state index in [1.165, 1.54) is 0 Å². The first kappa shape index (κ1) is 26.6. The number of nitrogens with zero attached hydrogens (tertiary/aromatic N) is 1. The summed E-state index contributed by atoms with van der Waals surface area (Å²) in [4.78, 5) is 4.63. The number of rotatable bonds is 11. The standard InChI is InChI=1S/C16H18N2O.C9H19F2N.2H2/c1-5-13-7-8-14(16-9-6-12(3)19-16)18-15(13)10-11(2)17-4;1-3-5-8(6-4-2)12-7-9(10)11;;/h5-10,17H,1H2,2-4H3;8-9,12H,3-7H2,1-2H3;2*1H/b11-10+;;;. The summed E-state index contributed by atoms with van der Waals surface area (Å²) in [6.07, 6.45) is 5.69. The molecule has 0 atom stereocenters. The lowest BCUT2D eigenvalue weighted by molar-refractivity contribution is 0.139. The Labute approximate surface area is 188 Å². The summed E-state index contributed by atoms with van der Waals surface area (Å²) in [5.41, 5.74) is 3.76. The summed E-state index contributed by atoms with van der Waals surface area (Å²) in [5, 5.41) is 5.96. The molecule has 31 heavy (non-hydrogen) atoms. The number of hydrogen-bond acceptors (Lipinski definition) is 4. The highest BCUT2D eigenvalue weighted by atomic mass is 19.3. The normalized spacial score (nSPS) is 11.5. The Morgan fingerprint density at radius 3 is 2.35 bits per heavy atom. The Hall–Kier alpha value is -2.47. The van der Waals surface area contributed by atoms with Crippen molar-refractivity contribution in [1.82, 2.24) is 15.6 Å². The minimum atomic E-state index is -2.22. The Kier molecular flexibility index (Phi) is 12.4. The Morgan fingerprint density at radius 1 is 1.19 bits per heavy atom. The lowest BCUT2D eigenvalue weighted by Crippen LogP contribution is -2.32. The molecule has 2 N–H and O–H groups in total. The molecule has 2 rings (SSSR count). The van der Waals surface area contributed by atoms with E-state index in [9.17, 15) is 8.78 Å². The summed E-state index contributed by atoms with van der Waals surface area (Å²) < 4.78 is 29.2. The van der Waals surface area contributed by atoms with Gasteiger partial charge >= 0.3 is 0 Å². The van der Waals surface area contributed by atoms with Crippen molar-refractivity contribution < 1.29 is 16.1 Å². The molecule has 176 valence electrons. The van der Waals surface area contributed by atoms with E-state index in [0.29, 0.717) is 0 Å². The van der Waals surface area contributed by atoms with Gasteiger partial charge in [0.2, 0.25) is 0 Å². The quantitative estimate of drug-likeness (QED) is 0.391. The molecule has 0 amide bonds. The van der Waals surface area contributed by atoms with Gasteiger partial charge in [0.25, 0.3) is 6.43 Å². The van der Waals surface area contributed by atoms with E-state index in [4.69, 9.17) is 4.42 Å². The van der Waals surface area contributed by atoms with E-state index < -0.39 is 6.43 Å². The maximum absolute atomic E-state index is 11.8. The second-order valence-electron chi connectivity index (χ2n) is 7.44. The topological polar surface area (TPSA) is 50.1 Å². The summed E-state index contributed by atoms with van der Waals surface area (Å²) in [7, 11) is 1.89. The van der Waals surface area contributed by atoms with E-state index in [2.05, 4.69) is 36.0 Å². The van der Waals surface area contributed by atoms with Gasteiger partial charge < -0.3 is 15.1 Å². The van der Waals surface area contributed by atoms with Gasteiger partial charge in [-0.25, -0.2) is 13.8 Å². The molecule has 0 saturated heterocycles. The maximum Gasteiger partial charge on any atom is 0.250 e. The van der Waals surface area contributed by atoms with E-state index in [1.54, 1.807) is 6.08 Å². The number of allylic oxidation sites excluding steroid dienone is 1. The van der Waals surface area contributed by atoms with Crippen LogP contribution in [-0.4, -0.2) is 31.0 Å². The molecule has 0 aliphatic carbocycles. The van der Waals surface area contributed by atoms with E-state index in [-0.39, 0.29) is 15.4 Å². The molecular weight excluding hydrogens is 396 g/mol. The molecule has 0 fully saturated rings. The molecule has 2 aromatic rings. The minimum Gasteiger partial charge on any atom is -0.460 e. The molecule has 0 aliphatic heterocycles. The molecule has 2 heterocycles. The highest BCUT2D eigenvalue weighted by Crippen LogP contribution is 2.23. The van der Waals surface area contributed by atoms with Crippen molar-refractivity contribution in [2.75, 3.05) is 13.6 Å². The predicted octanol–water partition coefficient (Wildman–Crippen LogP) is 7.18. The van der Waals surface area contributed by atoms with Crippen LogP contribution in [-0.2, 0) is 0 Å². The van der Waals surface area contributed by atoms with Crippen molar-refractivity contribution in [3.05, 3.63) is 53.6 Å². The molecule has 0 saturated carbocycles. The Balaban J connectivity index is 0. The van der Waals surface area contributed by atoms with Gasteiger partial charge in [0, 0.05) is 21.6 Å². The first-order chi connectivity index (χ1) is 14.8. The van der Waals surface area contributed by atoms with Crippen LogP contribution in [0.1, 0.15) is 66.3 Å². The van der Waals surface area contributed by atoms with Gasteiger partial charge in [-0.05, 0) is 56.5 Å². The van der Waals surface area contributed by atoms with Crippen LogP contribution in [0.15, 0.2) is 41.0 Å². The van der Waals surface area contributed by atoms with Crippen molar-refractivity contribution >= 4 is 12.2 Å². The monoisotopic (exact) mass is 437 g/mol. The average molecular weight is 438 g/mol. The number of alkyl halides is 2. The largest absolute Gasteiger partial charge is 0.460 e. The van der Waals surface area contributed by atoms with Crippen LogP contribution < -0.4 is 10.6 Å². The Morgan fingerprint density at radius 2 is 1.87 bits per heavy atom. The van der Waals surface area contributed by atoms with E-state index in [0.717, 1.165) is 59.9 Å². The first-order valence-electron chi connectivity index (χ1n) is 10.9. The van der Waals surface area contributed by atoms with E-state index >= 15 is 0 Å². The first-order valence-corrected chi connectivity index (χ1v) is 10.9. The molecule has 0 unspecified atom stereocenters. The molecule has 6 heteroatoms. The second-order valence-corrected chi connectivity index (χ2v) is 7.44. The zero-order valence-electron chi connectivity index (χ0n) is 19.5. The predicted molar refractivity (Wildman–Crippen MR) is 131 cm³/mol. The van der Waals surface area contributed by atoms with Gasteiger partial charge in [0.1, 0.15) is 11.5 Å². The molecule has 0 bridgehead atoms. The highest BCUT2D eigenvalue weighted by molar-refractivity contribution is 5.66. The molecule has 4 nitrogen and oxygen atoms in total. The molecular formula is C25H41F2N3O. The zero-order valence-corrected chi connectivity index (χ0v) is 19.5. The lowest BCUT2D eigenvalue weighted by atomic mass is 10.1. The van der Waals surface area contributed by atoms with Gasteiger partial charge in [0.15, 0.2) is 5.76 Å². The number of furan rings is 1. The van der Waals surface area contributed by atoms with Crippen LogP contribution in [0.25, 0.3) is 23.6 Å². The lowest BCUT2D eigenvalue weighted by Gasteiger charge is -2.16. The van der Waals surface area contributed by atoms with Crippen molar-refractivity contribution in [2.24, 2.45) is 0 Å². The third kappa shape index (κ3) is 9.92. The third-order valence-corrected chi connectivity index (χ3v) is 4.75. The third-order valence-electron chi connectivity index (χ3n) is 4.75. The fraction of sp³-hybridized carbons (Fsp3) is 0.480. The fourth-order valence-electron chi connectivity index (χ4n) is 3.06. The van der Waals surface area contributed by atoms with Crippen LogP contribution in [0.3, 0.4) is 0 Å². The van der Waals surface area contributed by atoms with Crippen molar-refractivity contribution in [2.45, 2.75) is 65.8 Å². The zero-order chi connectivity index (χ0) is 23.2. The van der Waals surface area contributed by atoms with Crippen LogP contribution in [0.5, 0.6) is 0 Å². The van der Waals surface area contributed by atoms with Crippen LogP contribution >= 0.6 is 0 Å². The van der Waals surface area contributed by atoms with Crippen LogP contribution in [0.2, 0.25) is 0 Å². The summed E-state index contributed by atoms with van der Waals surface area (Å²) in [6, 6.07) is 8.11. The number of aromatic nitrogens is 1. The van der Waals surface area contributed by atoms with Crippen molar-refractivity contribution in [1.29, 1.82) is 0 Å². The number of hydrogen-bond donors (Lipinski definition) is 2. The summed E-state index contributed by atoms with van der Waals surface area (Å²) in [5.74, 6) is 1.66. The molecule has 0 radical (unpaired) electrons. The molecule has 2 aromatic heterocycles. The van der Waals surface area contributed by atoms with Gasteiger partial charge in [0.05, 0.1) is 12.2 Å². The van der Waals surface area contributed by atoms with Crippen molar-refractivity contribution in [3.8, 4) is 11.5 Å². The highest BCUT2D eigenvalue weighted by Gasteiger charge is 2.09. The van der Waals surface area contributed by atoms with E-state index in [1.807, 2.05) is 51.2 Å². The van der Waals surface area contributed by atoms with Crippen LogP contribution in [0.4, 0.5) is 8.78 Å². The maximum atomic E-state index is 11.8. The SMILES string of the molecule is C=Cc1ccc(-c2ccc(C)o2)nc1/C=C(\C)NC.CCCC(CCC)NCC(F)F.[HH].[HH]. The number of halogens is 2. The minimum absolute atomic E-state index is 0. The summed E-state index contributed by atoms with van der Waals surface area (Å²) in [6.45, 7) is 11.7. The van der Waals surface area contributed by atoms with Gasteiger partial charge in [-0.3, -0.25) is 0 Å². The molecule has 0 aliphatic rings. The average Bonchev–Trinajstić information content (AvgIpc) is 3.19. The van der Waals surface area contributed by atoms with Gasteiger partial charge in [-0.1, -0.05) is 45.4 Å². The van der Waals surface area contributed by atoms with Crippen molar-refractivity contribution in [3.63, 3.8) is 0 Å². The smallest absolute Gasteiger partial charge is 0.250 e. The summed E-state index contributed by atoms with van der Waals surface area (Å²) >= 11 is 0. The molecule has 0 aromatic carbocycles. The van der Waals surface area contributed by atoms with Gasteiger partial charge in [-0.2, -0.15) is 0 Å². The number of pyridine rings is 1. The second kappa shape index (κ2) is 14.5.